The Kier molecular flexibility index (Phi) is 4.29. The molecule has 0 spiro atoms. The number of hydrogen-bond donors (Lipinski definition) is 0. The lowest BCUT2D eigenvalue weighted by Crippen LogP contribution is -2.35. The zero-order valence-corrected chi connectivity index (χ0v) is 14.5. The minimum atomic E-state index is -2.90. The van der Waals surface area contributed by atoms with Crippen LogP contribution in [0.3, 0.4) is 0 Å². The molecule has 0 N–H and O–H groups in total. The van der Waals surface area contributed by atoms with Gasteiger partial charge in [-0.15, -0.1) is 10.2 Å². The molecule has 0 amide bonds. The van der Waals surface area contributed by atoms with Crippen molar-refractivity contribution in [3.8, 4) is 11.6 Å². The number of nitrogens with zero attached hydrogens (tertiary/aromatic N) is 4. The topological polar surface area (TPSA) is 81.2 Å². The fourth-order valence-corrected chi connectivity index (χ4v) is 4.75. The summed E-state index contributed by atoms with van der Waals surface area (Å²) in [6.45, 7) is 5.26. The van der Waals surface area contributed by atoms with Crippen molar-refractivity contribution < 1.29 is 12.8 Å². The first kappa shape index (κ1) is 16.2. The molecule has 3 rings (SSSR count). The van der Waals surface area contributed by atoms with Crippen molar-refractivity contribution in [3.05, 3.63) is 23.7 Å². The van der Waals surface area contributed by atoms with Crippen LogP contribution in [-0.2, 0) is 23.4 Å². The Hall–Kier alpha value is -1.67. The highest BCUT2D eigenvalue weighted by Crippen LogP contribution is 2.22. The monoisotopic (exact) mass is 338 g/mol. The largest absolute Gasteiger partial charge is 0.418 e. The molecule has 8 heteroatoms. The molecule has 2 aromatic rings. The number of rotatable bonds is 5. The van der Waals surface area contributed by atoms with Gasteiger partial charge in [0, 0.05) is 18.8 Å². The standard InChI is InChI=1S/C15H22N4O3S/c1-4-19(12-7-8-23(20,21)10-12)9-14-16-17-15(22-14)13-6-5-11(2)18(13)3/h5-6,12H,4,7-10H2,1-3H3. The van der Waals surface area contributed by atoms with Crippen molar-refractivity contribution in [2.24, 2.45) is 7.05 Å². The number of aromatic nitrogens is 3. The molecule has 1 aliphatic heterocycles. The maximum atomic E-state index is 11.7. The molecule has 1 saturated heterocycles. The molecular weight excluding hydrogens is 316 g/mol. The van der Waals surface area contributed by atoms with Crippen LogP contribution >= 0.6 is 0 Å². The van der Waals surface area contributed by atoms with Crippen LogP contribution in [0.5, 0.6) is 0 Å². The minimum Gasteiger partial charge on any atom is -0.418 e. The summed E-state index contributed by atoms with van der Waals surface area (Å²) in [7, 11) is -0.941. The zero-order chi connectivity index (χ0) is 16.6. The second kappa shape index (κ2) is 6.09. The number of sulfone groups is 1. The maximum absolute atomic E-state index is 11.7. The van der Waals surface area contributed by atoms with Gasteiger partial charge in [0.1, 0.15) is 5.69 Å². The summed E-state index contributed by atoms with van der Waals surface area (Å²) < 4.78 is 31.1. The van der Waals surface area contributed by atoms with Crippen LogP contribution in [0.15, 0.2) is 16.5 Å². The van der Waals surface area contributed by atoms with Gasteiger partial charge in [0.05, 0.1) is 18.1 Å². The predicted molar refractivity (Wildman–Crippen MR) is 86.6 cm³/mol. The Bertz CT molecular complexity index is 794. The average molecular weight is 338 g/mol. The molecule has 126 valence electrons. The Morgan fingerprint density at radius 3 is 2.74 bits per heavy atom. The SMILES string of the molecule is CCN(Cc1nnc(-c2ccc(C)n2C)o1)C1CCS(=O)(=O)C1. The Balaban J connectivity index is 1.74. The van der Waals surface area contributed by atoms with E-state index in [1.807, 2.05) is 37.6 Å². The van der Waals surface area contributed by atoms with Gasteiger partial charge < -0.3 is 8.98 Å². The third-order valence-corrected chi connectivity index (χ3v) is 6.28. The highest BCUT2D eigenvalue weighted by molar-refractivity contribution is 7.91. The van der Waals surface area contributed by atoms with Crippen molar-refractivity contribution in [3.63, 3.8) is 0 Å². The third kappa shape index (κ3) is 3.32. The van der Waals surface area contributed by atoms with Crippen molar-refractivity contribution >= 4 is 9.84 Å². The van der Waals surface area contributed by atoms with Crippen LogP contribution in [0.2, 0.25) is 0 Å². The molecule has 1 fully saturated rings. The molecule has 0 aromatic carbocycles. The highest BCUT2D eigenvalue weighted by atomic mass is 32.2. The fraction of sp³-hybridized carbons (Fsp3) is 0.600. The quantitative estimate of drug-likeness (QED) is 0.819. The molecule has 0 saturated carbocycles. The van der Waals surface area contributed by atoms with Crippen LogP contribution in [0, 0.1) is 6.92 Å². The summed E-state index contributed by atoms with van der Waals surface area (Å²) >= 11 is 0. The molecule has 1 atom stereocenters. The first-order valence-electron chi connectivity index (χ1n) is 7.79. The maximum Gasteiger partial charge on any atom is 0.264 e. The first-order chi connectivity index (χ1) is 10.9. The van der Waals surface area contributed by atoms with Crippen LogP contribution in [0.25, 0.3) is 11.6 Å². The highest BCUT2D eigenvalue weighted by Gasteiger charge is 2.32. The van der Waals surface area contributed by atoms with Gasteiger partial charge in [-0.25, -0.2) is 8.42 Å². The molecule has 0 bridgehead atoms. The van der Waals surface area contributed by atoms with Gasteiger partial charge in [0.25, 0.3) is 5.89 Å². The van der Waals surface area contributed by atoms with Gasteiger partial charge >= 0.3 is 0 Å². The second-order valence-corrected chi connectivity index (χ2v) is 8.27. The predicted octanol–water partition coefficient (Wildman–Crippen LogP) is 1.39. The lowest BCUT2D eigenvalue weighted by Gasteiger charge is -2.24. The van der Waals surface area contributed by atoms with E-state index in [0.29, 0.717) is 24.7 Å². The van der Waals surface area contributed by atoms with E-state index >= 15 is 0 Å². The van der Waals surface area contributed by atoms with E-state index in [4.69, 9.17) is 4.42 Å². The van der Waals surface area contributed by atoms with E-state index in [2.05, 4.69) is 15.1 Å². The molecule has 1 aliphatic rings. The summed E-state index contributed by atoms with van der Waals surface area (Å²) in [5.74, 6) is 1.50. The van der Waals surface area contributed by atoms with Crippen LogP contribution in [-0.4, -0.2) is 52.2 Å². The molecule has 1 unspecified atom stereocenters. The molecule has 0 radical (unpaired) electrons. The first-order valence-corrected chi connectivity index (χ1v) is 9.61. The average Bonchev–Trinajstić information content (AvgIpc) is 3.18. The molecule has 3 heterocycles. The number of aryl methyl sites for hydroxylation is 1. The van der Waals surface area contributed by atoms with Crippen LogP contribution in [0.4, 0.5) is 0 Å². The van der Waals surface area contributed by atoms with E-state index in [9.17, 15) is 8.42 Å². The molecule has 0 aliphatic carbocycles. The van der Waals surface area contributed by atoms with Gasteiger partial charge in [-0.2, -0.15) is 0 Å². The molecule has 7 nitrogen and oxygen atoms in total. The van der Waals surface area contributed by atoms with Crippen LogP contribution < -0.4 is 0 Å². The summed E-state index contributed by atoms with van der Waals surface area (Å²) in [4.78, 5) is 2.10. The van der Waals surface area contributed by atoms with E-state index < -0.39 is 9.84 Å². The van der Waals surface area contributed by atoms with Crippen molar-refractivity contribution in [2.75, 3.05) is 18.1 Å². The van der Waals surface area contributed by atoms with Gasteiger partial charge in [-0.05, 0) is 32.0 Å². The van der Waals surface area contributed by atoms with Gasteiger partial charge in [0.15, 0.2) is 9.84 Å². The zero-order valence-electron chi connectivity index (χ0n) is 13.7. The summed E-state index contributed by atoms with van der Waals surface area (Å²) in [6, 6.07) is 3.99. The number of hydrogen-bond acceptors (Lipinski definition) is 6. The summed E-state index contributed by atoms with van der Waals surface area (Å²) in [5, 5.41) is 8.24. The van der Waals surface area contributed by atoms with E-state index in [1.54, 1.807) is 0 Å². The lowest BCUT2D eigenvalue weighted by molar-refractivity contribution is 0.195. The van der Waals surface area contributed by atoms with Gasteiger partial charge in [0.2, 0.25) is 5.89 Å². The second-order valence-electron chi connectivity index (χ2n) is 6.04. The molecule has 23 heavy (non-hydrogen) atoms. The van der Waals surface area contributed by atoms with E-state index in [1.165, 1.54) is 0 Å². The lowest BCUT2D eigenvalue weighted by atomic mass is 10.2. The molecule has 2 aromatic heterocycles. The van der Waals surface area contributed by atoms with Crippen molar-refractivity contribution in [1.82, 2.24) is 19.7 Å². The van der Waals surface area contributed by atoms with Gasteiger partial charge in [-0.1, -0.05) is 6.92 Å². The van der Waals surface area contributed by atoms with Crippen LogP contribution in [0.1, 0.15) is 24.9 Å². The van der Waals surface area contributed by atoms with Crippen molar-refractivity contribution in [2.45, 2.75) is 32.9 Å². The Morgan fingerprint density at radius 1 is 1.39 bits per heavy atom. The normalized spacial score (nSPS) is 20.4. The minimum absolute atomic E-state index is 0.0395. The fourth-order valence-electron chi connectivity index (χ4n) is 2.99. The smallest absolute Gasteiger partial charge is 0.264 e. The Morgan fingerprint density at radius 2 is 2.17 bits per heavy atom. The van der Waals surface area contributed by atoms with Gasteiger partial charge in [-0.3, -0.25) is 4.90 Å². The molecular formula is C15H22N4O3S. The van der Waals surface area contributed by atoms with E-state index in [-0.39, 0.29) is 17.5 Å². The van der Waals surface area contributed by atoms with Crippen molar-refractivity contribution in [1.29, 1.82) is 0 Å². The summed E-state index contributed by atoms with van der Waals surface area (Å²) in [5.41, 5.74) is 2.00. The Labute approximate surface area is 136 Å². The third-order valence-electron chi connectivity index (χ3n) is 4.53. The van der Waals surface area contributed by atoms with E-state index in [0.717, 1.165) is 17.9 Å². The summed E-state index contributed by atoms with van der Waals surface area (Å²) in [6.07, 6.45) is 0.675.